The molecular weight excluding hydrogens is 467 g/mol. The van der Waals surface area contributed by atoms with Crippen molar-refractivity contribution >= 4 is 46.8 Å². The zero-order valence-corrected chi connectivity index (χ0v) is 19.9. The summed E-state index contributed by atoms with van der Waals surface area (Å²) >= 11 is 12.0. The van der Waals surface area contributed by atoms with E-state index in [-0.39, 0.29) is 37.5 Å². The van der Waals surface area contributed by atoms with Gasteiger partial charge in [-0.05, 0) is 31.5 Å². The molecule has 0 heterocycles. The lowest BCUT2D eigenvalue weighted by Crippen LogP contribution is -2.38. The molecule has 0 bridgehead atoms. The van der Waals surface area contributed by atoms with Gasteiger partial charge in [-0.15, -0.1) is 0 Å². The second kappa shape index (κ2) is 13.0. The van der Waals surface area contributed by atoms with Gasteiger partial charge in [0.25, 0.3) is 5.91 Å². The summed E-state index contributed by atoms with van der Waals surface area (Å²) in [4.78, 5) is 48.2. The summed E-state index contributed by atoms with van der Waals surface area (Å²) in [5.74, 6) is -1.58. The van der Waals surface area contributed by atoms with Crippen LogP contribution in [0.15, 0.2) is 48.5 Å². The summed E-state index contributed by atoms with van der Waals surface area (Å²) in [6, 6.07) is 13.3. The van der Waals surface area contributed by atoms with Gasteiger partial charge in [-0.2, -0.15) is 0 Å². The van der Waals surface area contributed by atoms with E-state index in [2.05, 4.69) is 10.6 Å². The van der Waals surface area contributed by atoms with Crippen LogP contribution in [0.4, 0.5) is 0 Å². The molecule has 0 radical (unpaired) electrons. The molecular formula is C24H26Cl2N2O5. The van der Waals surface area contributed by atoms with Crippen molar-refractivity contribution in [1.82, 2.24) is 10.6 Å². The smallest absolute Gasteiger partial charge is 0.308 e. The van der Waals surface area contributed by atoms with Gasteiger partial charge in [0.2, 0.25) is 5.91 Å². The molecule has 0 aromatic heterocycles. The molecule has 0 saturated carbocycles. The van der Waals surface area contributed by atoms with Gasteiger partial charge in [0.15, 0.2) is 11.9 Å². The normalized spacial score (nSPS) is 12.4. The van der Waals surface area contributed by atoms with Crippen molar-refractivity contribution < 1.29 is 23.9 Å². The molecule has 2 atom stereocenters. The highest BCUT2D eigenvalue weighted by atomic mass is 35.5. The number of hydrogen-bond donors (Lipinski definition) is 2. The maximum atomic E-state index is 12.3. The molecule has 2 amide bonds. The standard InChI is InChI=1S/C24H26Cl2N2O5/c1-15(19-9-8-18(25)14-20(19)26)28-24(32)16(2)33-23(31)12-13-27-22(30)11-10-21(29)17-6-4-3-5-7-17/h3-9,14-16H,10-13H2,1-2H3,(H,27,30)(H,28,32)/t15-,16+/m0/s1. The Morgan fingerprint density at radius 1 is 0.939 bits per heavy atom. The van der Waals surface area contributed by atoms with E-state index >= 15 is 0 Å². The molecule has 0 unspecified atom stereocenters. The summed E-state index contributed by atoms with van der Waals surface area (Å²) in [6.45, 7) is 3.25. The minimum atomic E-state index is -1.02. The molecule has 0 saturated heterocycles. The number of ketones is 1. The topological polar surface area (TPSA) is 102 Å². The van der Waals surface area contributed by atoms with E-state index in [1.807, 2.05) is 6.07 Å². The second-order valence-corrected chi connectivity index (χ2v) is 8.26. The van der Waals surface area contributed by atoms with Crippen molar-refractivity contribution in [2.75, 3.05) is 6.54 Å². The highest BCUT2D eigenvalue weighted by Crippen LogP contribution is 2.26. The van der Waals surface area contributed by atoms with Gasteiger partial charge in [0.1, 0.15) is 0 Å². The van der Waals surface area contributed by atoms with Gasteiger partial charge in [-0.1, -0.05) is 59.6 Å². The second-order valence-electron chi connectivity index (χ2n) is 7.42. The fraction of sp³-hybridized carbons (Fsp3) is 0.333. The average Bonchev–Trinajstić information content (AvgIpc) is 2.77. The number of carbonyl (C=O) groups excluding carboxylic acids is 4. The van der Waals surface area contributed by atoms with Crippen LogP contribution in [0, 0.1) is 0 Å². The van der Waals surface area contributed by atoms with Crippen LogP contribution in [0.5, 0.6) is 0 Å². The van der Waals surface area contributed by atoms with Crippen molar-refractivity contribution in [3.63, 3.8) is 0 Å². The predicted molar refractivity (Wildman–Crippen MR) is 126 cm³/mol. The van der Waals surface area contributed by atoms with Crippen LogP contribution < -0.4 is 10.6 Å². The molecule has 0 fully saturated rings. The quantitative estimate of drug-likeness (QED) is 0.360. The minimum Gasteiger partial charge on any atom is -0.452 e. The van der Waals surface area contributed by atoms with Gasteiger partial charge < -0.3 is 15.4 Å². The first-order valence-electron chi connectivity index (χ1n) is 10.5. The van der Waals surface area contributed by atoms with E-state index < -0.39 is 24.0 Å². The maximum Gasteiger partial charge on any atom is 0.308 e. The number of nitrogens with one attached hydrogen (secondary N) is 2. The molecule has 0 aliphatic rings. The van der Waals surface area contributed by atoms with Crippen molar-refractivity contribution in [2.45, 2.75) is 45.3 Å². The van der Waals surface area contributed by atoms with Gasteiger partial charge in [0, 0.05) is 35.0 Å². The van der Waals surface area contributed by atoms with E-state index in [9.17, 15) is 19.2 Å². The van der Waals surface area contributed by atoms with Crippen LogP contribution in [0.2, 0.25) is 10.0 Å². The predicted octanol–water partition coefficient (Wildman–Crippen LogP) is 4.27. The molecule has 2 rings (SSSR count). The van der Waals surface area contributed by atoms with Crippen LogP contribution in [0.25, 0.3) is 0 Å². The molecule has 0 spiro atoms. The Bertz CT molecular complexity index is 998. The van der Waals surface area contributed by atoms with Crippen LogP contribution in [-0.4, -0.2) is 36.2 Å². The number of carbonyl (C=O) groups is 4. The summed E-state index contributed by atoms with van der Waals surface area (Å²) in [7, 11) is 0. The molecule has 176 valence electrons. The fourth-order valence-corrected chi connectivity index (χ4v) is 3.53. The van der Waals surface area contributed by atoms with Gasteiger partial charge >= 0.3 is 5.97 Å². The monoisotopic (exact) mass is 492 g/mol. The number of hydrogen-bond acceptors (Lipinski definition) is 5. The highest BCUT2D eigenvalue weighted by molar-refractivity contribution is 6.35. The molecule has 2 N–H and O–H groups in total. The van der Waals surface area contributed by atoms with Crippen molar-refractivity contribution in [3.8, 4) is 0 Å². The summed E-state index contributed by atoms with van der Waals surface area (Å²) in [5.41, 5.74) is 1.23. The van der Waals surface area contributed by atoms with Crippen LogP contribution in [-0.2, 0) is 19.1 Å². The first-order chi connectivity index (χ1) is 15.7. The lowest BCUT2D eigenvalue weighted by Gasteiger charge is -2.19. The Morgan fingerprint density at radius 2 is 1.64 bits per heavy atom. The van der Waals surface area contributed by atoms with Gasteiger partial charge in [0.05, 0.1) is 12.5 Å². The number of benzene rings is 2. The van der Waals surface area contributed by atoms with E-state index in [0.717, 1.165) is 0 Å². The first-order valence-corrected chi connectivity index (χ1v) is 11.2. The Labute approximate surface area is 202 Å². The first kappa shape index (κ1) is 26.4. The zero-order chi connectivity index (χ0) is 24.4. The van der Waals surface area contributed by atoms with Crippen molar-refractivity contribution in [2.24, 2.45) is 0 Å². The number of ether oxygens (including phenoxy) is 1. The van der Waals surface area contributed by atoms with E-state index in [4.69, 9.17) is 27.9 Å². The largest absolute Gasteiger partial charge is 0.452 e. The van der Waals surface area contributed by atoms with E-state index in [1.54, 1.807) is 49.4 Å². The number of amides is 2. The van der Waals surface area contributed by atoms with Crippen LogP contribution in [0.3, 0.4) is 0 Å². The SMILES string of the molecule is C[C@H](NC(=O)[C@@H](C)OC(=O)CCNC(=O)CCC(=O)c1ccccc1)c1ccc(Cl)cc1Cl. The molecule has 7 nitrogen and oxygen atoms in total. The molecule has 2 aromatic carbocycles. The van der Waals surface area contributed by atoms with Crippen molar-refractivity contribution in [3.05, 3.63) is 69.7 Å². The Kier molecular flexibility index (Phi) is 10.4. The molecule has 0 aliphatic heterocycles. The van der Waals surface area contributed by atoms with Crippen LogP contribution >= 0.6 is 23.2 Å². The molecule has 2 aromatic rings. The highest BCUT2D eigenvalue weighted by Gasteiger charge is 2.21. The van der Waals surface area contributed by atoms with Crippen molar-refractivity contribution in [1.29, 1.82) is 0 Å². The number of Topliss-reactive ketones (excluding diaryl/α,β-unsaturated/α-hetero) is 1. The molecule has 0 aliphatic carbocycles. The number of esters is 1. The average molecular weight is 493 g/mol. The Morgan fingerprint density at radius 3 is 2.30 bits per heavy atom. The summed E-state index contributed by atoms with van der Waals surface area (Å²) in [5, 5.41) is 6.20. The zero-order valence-electron chi connectivity index (χ0n) is 18.4. The maximum absolute atomic E-state index is 12.3. The third-order valence-corrected chi connectivity index (χ3v) is 5.35. The fourth-order valence-electron chi connectivity index (χ4n) is 2.96. The third-order valence-electron chi connectivity index (χ3n) is 4.79. The number of rotatable bonds is 11. The van der Waals surface area contributed by atoms with Gasteiger partial charge in [-0.3, -0.25) is 19.2 Å². The lowest BCUT2D eigenvalue weighted by molar-refractivity contribution is -0.155. The minimum absolute atomic E-state index is 0.0206. The number of halogens is 2. The summed E-state index contributed by atoms with van der Waals surface area (Å²) in [6.07, 6.45) is -1.03. The van der Waals surface area contributed by atoms with E-state index in [0.29, 0.717) is 21.2 Å². The van der Waals surface area contributed by atoms with Gasteiger partial charge in [-0.25, -0.2) is 0 Å². The Hall–Kier alpha value is -2.90. The molecule has 33 heavy (non-hydrogen) atoms. The Balaban J connectivity index is 1.68. The van der Waals surface area contributed by atoms with Crippen LogP contribution in [0.1, 0.15) is 55.1 Å². The van der Waals surface area contributed by atoms with E-state index in [1.165, 1.54) is 6.92 Å². The third kappa shape index (κ3) is 8.86. The lowest BCUT2D eigenvalue weighted by atomic mass is 10.1. The summed E-state index contributed by atoms with van der Waals surface area (Å²) < 4.78 is 5.13. The molecule has 9 heteroatoms.